The molecule has 0 unspecified atom stereocenters. The Kier molecular flexibility index (Phi) is 3.84. The second kappa shape index (κ2) is 6.02. The summed E-state index contributed by atoms with van der Waals surface area (Å²) in [7, 11) is 0. The number of carbonyl (C=O) groups is 2. The molecule has 2 amide bonds. The highest BCUT2D eigenvalue weighted by Gasteiger charge is 2.48. The van der Waals surface area contributed by atoms with Crippen LogP contribution in [-0.2, 0) is 11.3 Å². The molecule has 0 saturated carbocycles. The monoisotopic (exact) mass is 341 g/mol. The summed E-state index contributed by atoms with van der Waals surface area (Å²) in [6, 6.07) is 9.73. The van der Waals surface area contributed by atoms with E-state index >= 15 is 0 Å². The van der Waals surface area contributed by atoms with Gasteiger partial charge in [0.25, 0.3) is 5.91 Å². The first-order chi connectivity index (χ1) is 11.6. The second-order valence-corrected chi connectivity index (χ2v) is 7.34. The summed E-state index contributed by atoms with van der Waals surface area (Å²) in [4.78, 5) is 34.2. The number of aromatic nitrogens is 1. The summed E-state index contributed by atoms with van der Waals surface area (Å²) in [5.74, 6) is 0.179. The number of aryl methyl sites for hydroxylation is 1. The molecule has 2 saturated heterocycles. The first kappa shape index (κ1) is 15.3. The largest absolute Gasteiger partial charge is 0.332 e. The molecule has 124 valence electrons. The van der Waals surface area contributed by atoms with Crippen LogP contribution in [0.15, 0.2) is 35.7 Å². The highest BCUT2D eigenvalue weighted by atomic mass is 32.1. The Balaban J connectivity index is 1.52. The van der Waals surface area contributed by atoms with Crippen LogP contribution in [0.1, 0.15) is 33.9 Å². The van der Waals surface area contributed by atoms with Crippen LogP contribution in [-0.4, -0.2) is 45.2 Å². The van der Waals surface area contributed by atoms with Crippen molar-refractivity contribution in [2.75, 3.05) is 6.54 Å². The minimum Gasteiger partial charge on any atom is -0.332 e. The lowest BCUT2D eigenvalue weighted by molar-refractivity contribution is -0.129. The number of pyridine rings is 1. The number of likely N-dealkylation sites (tertiary alicyclic amines) is 2. The van der Waals surface area contributed by atoms with E-state index in [1.165, 1.54) is 11.3 Å². The van der Waals surface area contributed by atoms with Crippen molar-refractivity contribution < 1.29 is 9.59 Å². The lowest BCUT2D eigenvalue weighted by atomic mass is 10.1. The smallest absolute Gasteiger partial charge is 0.264 e. The Morgan fingerprint density at radius 2 is 2.17 bits per heavy atom. The molecule has 4 heterocycles. The number of hydrogen-bond donors (Lipinski definition) is 0. The zero-order valence-electron chi connectivity index (χ0n) is 13.5. The molecule has 4 rings (SSSR count). The Bertz CT molecular complexity index is 774. The molecule has 2 aromatic heterocycles. The highest BCUT2D eigenvalue weighted by Crippen LogP contribution is 2.34. The summed E-state index contributed by atoms with van der Waals surface area (Å²) in [5, 5.41) is 1.91. The van der Waals surface area contributed by atoms with Crippen LogP contribution >= 0.6 is 11.3 Å². The zero-order chi connectivity index (χ0) is 16.7. The van der Waals surface area contributed by atoms with Gasteiger partial charge in [0.1, 0.15) is 0 Å². The van der Waals surface area contributed by atoms with Crippen LogP contribution in [0.3, 0.4) is 0 Å². The molecule has 0 spiro atoms. The fourth-order valence-electron chi connectivity index (χ4n) is 3.79. The van der Waals surface area contributed by atoms with Gasteiger partial charge in [0.05, 0.1) is 29.2 Å². The van der Waals surface area contributed by atoms with E-state index in [1.54, 1.807) is 0 Å². The first-order valence-electron chi connectivity index (χ1n) is 8.20. The SMILES string of the molecule is Cc1cccc(CN2C(=O)C[C@H]3[C@@H]2CCN3C(=O)c2cccs2)n1. The normalized spacial score (nSPS) is 23.0. The van der Waals surface area contributed by atoms with E-state index in [4.69, 9.17) is 0 Å². The molecule has 0 radical (unpaired) electrons. The fourth-order valence-corrected chi connectivity index (χ4v) is 4.47. The van der Waals surface area contributed by atoms with Crippen molar-refractivity contribution in [3.05, 3.63) is 52.0 Å². The number of rotatable bonds is 3. The van der Waals surface area contributed by atoms with Gasteiger partial charge in [0, 0.05) is 18.7 Å². The van der Waals surface area contributed by atoms with Crippen molar-refractivity contribution in [1.82, 2.24) is 14.8 Å². The quantitative estimate of drug-likeness (QED) is 0.862. The molecule has 2 atom stereocenters. The van der Waals surface area contributed by atoms with Gasteiger partial charge in [-0.3, -0.25) is 14.6 Å². The number of nitrogens with zero attached hydrogens (tertiary/aromatic N) is 3. The molecule has 2 aliphatic rings. The molecule has 0 bridgehead atoms. The molecule has 2 fully saturated rings. The van der Waals surface area contributed by atoms with Crippen molar-refractivity contribution in [1.29, 1.82) is 0 Å². The number of amides is 2. The van der Waals surface area contributed by atoms with Crippen LogP contribution in [0.25, 0.3) is 0 Å². The van der Waals surface area contributed by atoms with Gasteiger partial charge < -0.3 is 9.80 Å². The fraction of sp³-hybridized carbons (Fsp3) is 0.389. The van der Waals surface area contributed by atoms with E-state index < -0.39 is 0 Å². The molecular weight excluding hydrogens is 322 g/mol. The Morgan fingerprint density at radius 1 is 1.29 bits per heavy atom. The van der Waals surface area contributed by atoms with E-state index in [0.717, 1.165) is 29.2 Å². The molecule has 0 aromatic carbocycles. The van der Waals surface area contributed by atoms with E-state index in [0.29, 0.717) is 13.0 Å². The third-order valence-corrected chi connectivity index (χ3v) is 5.74. The number of carbonyl (C=O) groups excluding carboxylic acids is 2. The lowest BCUT2D eigenvalue weighted by Gasteiger charge is -2.25. The van der Waals surface area contributed by atoms with Crippen molar-refractivity contribution in [2.24, 2.45) is 0 Å². The van der Waals surface area contributed by atoms with E-state index in [1.807, 2.05) is 52.4 Å². The van der Waals surface area contributed by atoms with Gasteiger partial charge in [0.2, 0.25) is 5.91 Å². The lowest BCUT2D eigenvalue weighted by Crippen LogP contribution is -2.39. The van der Waals surface area contributed by atoms with Gasteiger partial charge in [-0.05, 0) is 36.9 Å². The van der Waals surface area contributed by atoms with Gasteiger partial charge in [-0.1, -0.05) is 12.1 Å². The Morgan fingerprint density at radius 3 is 2.92 bits per heavy atom. The third kappa shape index (κ3) is 2.60. The Hall–Kier alpha value is -2.21. The topological polar surface area (TPSA) is 53.5 Å². The third-order valence-electron chi connectivity index (χ3n) is 4.89. The minimum absolute atomic E-state index is 0.00286. The molecule has 0 aliphatic carbocycles. The standard InChI is InChI=1S/C18H19N3O2S/c1-12-4-2-5-13(19-12)11-21-14-7-8-20(15(14)10-17(21)22)18(23)16-6-3-9-24-16/h2-6,9,14-15H,7-8,10-11H2,1H3/t14-,15-/m0/s1. The Labute approximate surface area is 144 Å². The number of thiophene rings is 1. The zero-order valence-corrected chi connectivity index (χ0v) is 14.3. The van der Waals surface area contributed by atoms with E-state index in [-0.39, 0.29) is 23.9 Å². The summed E-state index contributed by atoms with van der Waals surface area (Å²) >= 11 is 1.46. The van der Waals surface area contributed by atoms with Crippen LogP contribution in [0.2, 0.25) is 0 Å². The van der Waals surface area contributed by atoms with Crippen LogP contribution in [0, 0.1) is 6.92 Å². The van der Waals surface area contributed by atoms with Crippen molar-refractivity contribution in [2.45, 2.75) is 38.4 Å². The average molecular weight is 341 g/mol. The van der Waals surface area contributed by atoms with Crippen molar-refractivity contribution in [3.63, 3.8) is 0 Å². The predicted octanol–water partition coefficient (Wildman–Crippen LogP) is 2.47. The van der Waals surface area contributed by atoms with Crippen molar-refractivity contribution >= 4 is 23.2 Å². The summed E-state index contributed by atoms with van der Waals surface area (Å²) in [6.07, 6.45) is 1.27. The average Bonchev–Trinajstić information content (AvgIpc) is 3.26. The number of fused-ring (bicyclic) bond motifs is 1. The van der Waals surface area contributed by atoms with Crippen molar-refractivity contribution in [3.8, 4) is 0 Å². The first-order valence-corrected chi connectivity index (χ1v) is 9.08. The summed E-state index contributed by atoms with van der Waals surface area (Å²) in [6.45, 7) is 3.20. The van der Waals surface area contributed by atoms with Crippen LogP contribution in [0.5, 0.6) is 0 Å². The molecular formula is C18H19N3O2S. The maximum atomic E-state index is 12.7. The molecule has 24 heavy (non-hydrogen) atoms. The van der Waals surface area contributed by atoms with Gasteiger partial charge in [-0.25, -0.2) is 0 Å². The molecule has 6 heteroatoms. The predicted molar refractivity (Wildman–Crippen MR) is 91.7 cm³/mol. The second-order valence-electron chi connectivity index (χ2n) is 6.40. The van der Waals surface area contributed by atoms with Gasteiger partial charge in [-0.15, -0.1) is 11.3 Å². The number of hydrogen-bond acceptors (Lipinski definition) is 4. The van der Waals surface area contributed by atoms with Gasteiger partial charge >= 0.3 is 0 Å². The molecule has 0 N–H and O–H groups in total. The highest BCUT2D eigenvalue weighted by molar-refractivity contribution is 7.12. The molecule has 2 aliphatic heterocycles. The summed E-state index contributed by atoms with van der Waals surface area (Å²) in [5.41, 5.74) is 1.86. The van der Waals surface area contributed by atoms with E-state index in [2.05, 4.69) is 4.98 Å². The molecule has 5 nitrogen and oxygen atoms in total. The van der Waals surface area contributed by atoms with Crippen LogP contribution in [0.4, 0.5) is 0 Å². The van der Waals surface area contributed by atoms with E-state index in [9.17, 15) is 9.59 Å². The summed E-state index contributed by atoms with van der Waals surface area (Å²) < 4.78 is 0. The maximum Gasteiger partial charge on any atom is 0.264 e. The molecule has 2 aromatic rings. The van der Waals surface area contributed by atoms with Gasteiger partial charge in [-0.2, -0.15) is 0 Å². The van der Waals surface area contributed by atoms with Gasteiger partial charge in [0.15, 0.2) is 0 Å². The maximum absolute atomic E-state index is 12.7. The minimum atomic E-state index is -0.00286. The van der Waals surface area contributed by atoms with Crippen LogP contribution < -0.4 is 0 Å².